The molecule has 0 atom stereocenters. The predicted octanol–water partition coefficient (Wildman–Crippen LogP) is 4.98. The van der Waals surface area contributed by atoms with Gasteiger partial charge in [0.2, 0.25) is 0 Å². The zero-order valence-electron chi connectivity index (χ0n) is 23.2. The molecule has 44 heavy (non-hydrogen) atoms. The van der Waals surface area contributed by atoms with Gasteiger partial charge < -0.3 is 18.9 Å². The van der Waals surface area contributed by atoms with Crippen molar-refractivity contribution in [2.45, 2.75) is 19.9 Å². The summed E-state index contributed by atoms with van der Waals surface area (Å²) in [5, 5.41) is 6.78. The first-order chi connectivity index (χ1) is 21.2. The normalized spacial score (nSPS) is 12.3. The number of nitrogens with zero attached hydrogens (tertiary/aromatic N) is 4. The molecule has 0 saturated heterocycles. The Kier molecular flexibility index (Phi) is 7.39. The van der Waals surface area contributed by atoms with Gasteiger partial charge in [0.25, 0.3) is 0 Å². The fraction of sp³-hybridized carbons (Fsp3) is 0.167. The van der Waals surface area contributed by atoms with Crippen LogP contribution in [-0.4, -0.2) is 38.6 Å². The van der Waals surface area contributed by atoms with Gasteiger partial charge >= 0.3 is 23.2 Å². The van der Waals surface area contributed by atoms with Crippen molar-refractivity contribution in [3.63, 3.8) is 0 Å². The first-order valence-corrected chi connectivity index (χ1v) is 13.3. The summed E-state index contributed by atoms with van der Waals surface area (Å²) in [6.45, 7) is 4.08. The maximum absolute atomic E-state index is 15.1. The number of halogens is 2. The van der Waals surface area contributed by atoms with Crippen LogP contribution >= 0.6 is 0 Å². The Labute approximate surface area is 247 Å². The minimum Gasteiger partial charge on any atom is -0.486 e. The number of carbonyl (C=O) groups excluding carboxylic acids is 1. The Morgan fingerprint density at radius 2 is 1.68 bits per heavy atom. The molecular formula is C30H23F2N5O7. The molecule has 0 saturated carbocycles. The highest BCUT2D eigenvalue weighted by Gasteiger charge is 2.21. The van der Waals surface area contributed by atoms with E-state index in [2.05, 4.69) is 15.4 Å². The van der Waals surface area contributed by atoms with Gasteiger partial charge in [-0.15, -0.1) is 5.10 Å². The lowest BCUT2D eigenvalue weighted by Crippen LogP contribution is -2.42. The first kappa shape index (κ1) is 28.3. The van der Waals surface area contributed by atoms with E-state index >= 15 is 4.39 Å². The van der Waals surface area contributed by atoms with Crippen molar-refractivity contribution < 1.29 is 32.5 Å². The molecule has 0 bridgehead atoms. The lowest BCUT2D eigenvalue weighted by atomic mass is 10.1. The van der Waals surface area contributed by atoms with E-state index < -0.39 is 40.9 Å². The lowest BCUT2D eigenvalue weighted by molar-refractivity contribution is 0.172. The molecule has 12 nitrogen and oxygen atoms in total. The van der Waals surface area contributed by atoms with Crippen LogP contribution in [0, 0.1) is 11.6 Å². The van der Waals surface area contributed by atoms with E-state index in [-0.39, 0.29) is 17.1 Å². The summed E-state index contributed by atoms with van der Waals surface area (Å²) in [5.41, 5.74) is -1.28. The summed E-state index contributed by atoms with van der Waals surface area (Å²) in [6.07, 6.45) is 0.340. The monoisotopic (exact) mass is 603 g/mol. The second-order valence-electron chi connectivity index (χ2n) is 9.83. The van der Waals surface area contributed by atoms with Gasteiger partial charge in [0.05, 0.1) is 17.2 Å². The minimum absolute atomic E-state index is 0.0184. The van der Waals surface area contributed by atoms with Crippen molar-refractivity contribution in [1.29, 1.82) is 0 Å². The highest BCUT2D eigenvalue weighted by atomic mass is 19.1. The summed E-state index contributed by atoms with van der Waals surface area (Å²) in [4.78, 5) is 43.0. The molecule has 1 amide bonds. The molecular weight excluding hydrogens is 580 g/mol. The zero-order chi connectivity index (χ0) is 31.0. The van der Waals surface area contributed by atoms with Crippen LogP contribution in [0.2, 0.25) is 0 Å². The lowest BCUT2D eigenvalue weighted by Gasteiger charge is -2.19. The number of pyridine rings is 1. The van der Waals surface area contributed by atoms with Gasteiger partial charge in [-0.25, -0.2) is 27.6 Å². The van der Waals surface area contributed by atoms with Gasteiger partial charge in [0.1, 0.15) is 24.8 Å². The van der Waals surface area contributed by atoms with Gasteiger partial charge in [-0.05, 0) is 62.4 Å². The van der Waals surface area contributed by atoms with Crippen LogP contribution in [0.3, 0.4) is 0 Å². The van der Waals surface area contributed by atoms with Crippen molar-refractivity contribution >= 4 is 22.7 Å². The molecule has 5 aromatic rings. The third-order valence-electron chi connectivity index (χ3n) is 6.50. The van der Waals surface area contributed by atoms with Crippen molar-refractivity contribution in [3.8, 4) is 34.6 Å². The molecule has 1 N–H and O–H groups in total. The Bertz CT molecular complexity index is 2030. The highest BCUT2D eigenvalue weighted by molar-refractivity contribution is 5.89. The molecule has 0 aliphatic carbocycles. The number of rotatable bonds is 6. The number of aromatic nitrogens is 4. The molecule has 224 valence electrons. The zero-order valence-corrected chi connectivity index (χ0v) is 23.2. The molecule has 2 aromatic heterocycles. The summed E-state index contributed by atoms with van der Waals surface area (Å²) in [7, 11) is 0. The number of hydrogen-bond donors (Lipinski definition) is 1. The van der Waals surface area contributed by atoms with E-state index in [1.165, 1.54) is 30.5 Å². The summed E-state index contributed by atoms with van der Waals surface area (Å²) in [5.74, 6) is -0.861. The number of fused-ring (bicyclic) bond motifs is 2. The average Bonchev–Trinajstić information content (AvgIpc) is 3.00. The Morgan fingerprint density at radius 3 is 2.39 bits per heavy atom. The largest absolute Gasteiger partial charge is 0.486 e. The fourth-order valence-electron chi connectivity index (χ4n) is 4.44. The van der Waals surface area contributed by atoms with E-state index in [4.69, 9.17) is 18.9 Å². The van der Waals surface area contributed by atoms with Crippen LogP contribution in [0.4, 0.5) is 19.3 Å². The molecule has 6 rings (SSSR count). The number of nitrogens with one attached hydrogen (secondary N) is 1. The maximum atomic E-state index is 15.1. The number of ether oxygens (including phenoxy) is 4. The highest BCUT2D eigenvalue weighted by Crippen LogP contribution is 2.39. The van der Waals surface area contributed by atoms with Crippen LogP contribution < -0.4 is 35.5 Å². The Balaban J connectivity index is 1.23. The average molecular weight is 604 g/mol. The van der Waals surface area contributed by atoms with Gasteiger partial charge in [0.15, 0.2) is 23.1 Å². The Morgan fingerprint density at radius 1 is 0.955 bits per heavy atom. The molecule has 0 fully saturated rings. The van der Waals surface area contributed by atoms with Crippen LogP contribution in [0.15, 0.2) is 76.4 Å². The number of anilines is 1. The van der Waals surface area contributed by atoms with Crippen LogP contribution in [0.1, 0.15) is 19.9 Å². The minimum atomic E-state index is -1.17. The maximum Gasteiger partial charge on any atom is 0.418 e. The summed E-state index contributed by atoms with van der Waals surface area (Å²) >= 11 is 0. The van der Waals surface area contributed by atoms with E-state index in [9.17, 15) is 18.8 Å². The number of hydrogen-bond acceptors (Lipinski definition) is 9. The smallest absolute Gasteiger partial charge is 0.418 e. The van der Waals surface area contributed by atoms with Crippen molar-refractivity contribution in [3.05, 3.63) is 99.3 Å². The van der Waals surface area contributed by atoms with Gasteiger partial charge in [0, 0.05) is 29.4 Å². The fourth-order valence-corrected chi connectivity index (χ4v) is 4.44. The summed E-state index contributed by atoms with van der Waals surface area (Å²) < 4.78 is 52.4. The quantitative estimate of drug-likeness (QED) is 0.285. The van der Waals surface area contributed by atoms with E-state index in [1.807, 2.05) is 0 Å². The van der Waals surface area contributed by atoms with Crippen molar-refractivity contribution in [2.75, 3.05) is 18.5 Å². The molecule has 14 heteroatoms. The van der Waals surface area contributed by atoms with Gasteiger partial charge in [-0.3, -0.25) is 15.1 Å². The molecule has 0 spiro atoms. The van der Waals surface area contributed by atoms with Gasteiger partial charge in [-0.1, -0.05) is 0 Å². The second kappa shape index (κ2) is 11.5. The molecule has 1 aliphatic rings. The summed E-state index contributed by atoms with van der Waals surface area (Å²) in [6, 6.07) is 12.7. The van der Waals surface area contributed by atoms with Crippen LogP contribution in [0.5, 0.6) is 28.9 Å². The molecule has 0 radical (unpaired) electrons. The van der Waals surface area contributed by atoms with E-state index in [0.717, 1.165) is 22.9 Å². The number of amides is 1. The van der Waals surface area contributed by atoms with Gasteiger partial charge in [-0.2, -0.15) is 0 Å². The SMILES string of the molecule is CC(C)n1nc(OC(=O)Nc2ccc(Oc3ccnc4cc5c(cc34)OCCO5)c(F)c2)c(=O)n(-c2ccc(F)cc2)c1=O. The molecule has 1 aliphatic heterocycles. The second-order valence-corrected chi connectivity index (χ2v) is 9.83. The number of benzene rings is 3. The van der Waals surface area contributed by atoms with Crippen LogP contribution in [-0.2, 0) is 0 Å². The Hall–Kier alpha value is -5.79. The molecule has 3 heterocycles. The van der Waals surface area contributed by atoms with Crippen molar-refractivity contribution in [2.24, 2.45) is 0 Å². The van der Waals surface area contributed by atoms with Crippen LogP contribution in [0.25, 0.3) is 16.6 Å². The topological polar surface area (TPSA) is 136 Å². The predicted molar refractivity (Wildman–Crippen MR) is 153 cm³/mol. The standard InChI is InChI=1S/C30H23F2N5O7/c1-16(2)37-30(40)36(19-6-3-17(31)4-7-19)28(38)27(35-37)44-29(39)34-18-5-8-24(21(32)13-18)43-23-9-10-33-22-15-26-25(14-20(22)23)41-11-12-42-26/h3-10,13-16H,11-12H2,1-2H3,(H,34,39). The van der Waals surface area contributed by atoms with E-state index in [0.29, 0.717) is 45.9 Å². The third-order valence-corrected chi connectivity index (χ3v) is 6.50. The third kappa shape index (κ3) is 5.52. The van der Waals surface area contributed by atoms with E-state index in [1.54, 1.807) is 32.0 Å². The first-order valence-electron chi connectivity index (χ1n) is 13.3. The van der Waals surface area contributed by atoms with Crippen molar-refractivity contribution in [1.82, 2.24) is 19.3 Å². The molecule has 0 unspecified atom stereocenters. The molecule has 3 aromatic carbocycles. The number of carbonyl (C=O) groups is 1.